The Morgan fingerprint density at radius 1 is 1.26 bits per heavy atom. The number of aryl methyl sites for hydroxylation is 1. The van der Waals surface area contributed by atoms with Crippen LogP contribution >= 0.6 is 0 Å². The molecule has 1 amide bonds. The van der Waals surface area contributed by atoms with Gasteiger partial charge in [-0.1, -0.05) is 18.2 Å². The van der Waals surface area contributed by atoms with Gasteiger partial charge in [0.2, 0.25) is 5.91 Å². The summed E-state index contributed by atoms with van der Waals surface area (Å²) in [6.45, 7) is 5.78. The Bertz CT molecular complexity index is 932. The molecular weight excluding hydrogens is 390 g/mol. The highest BCUT2D eigenvalue weighted by molar-refractivity contribution is 5.76. The predicted octanol–water partition coefficient (Wildman–Crippen LogP) is 2.99. The van der Waals surface area contributed by atoms with Crippen molar-refractivity contribution in [2.75, 3.05) is 45.7 Å². The van der Waals surface area contributed by atoms with Gasteiger partial charge in [0, 0.05) is 44.7 Å². The van der Waals surface area contributed by atoms with Crippen LogP contribution in [0.15, 0.2) is 24.3 Å². The maximum atomic E-state index is 12.8. The van der Waals surface area contributed by atoms with E-state index < -0.39 is 0 Å². The number of aromatic nitrogens is 2. The number of benzene rings is 1. The lowest BCUT2D eigenvalue weighted by Crippen LogP contribution is -2.40. The molecule has 1 atom stereocenters. The van der Waals surface area contributed by atoms with Gasteiger partial charge in [-0.3, -0.25) is 4.79 Å². The van der Waals surface area contributed by atoms with E-state index in [0.717, 1.165) is 67.5 Å². The van der Waals surface area contributed by atoms with Crippen molar-refractivity contribution < 1.29 is 9.53 Å². The first kappa shape index (κ1) is 21.6. The highest BCUT2D eigenvalue weighted by atomic mass is 16.5. The van der Waals surface area contributed by atoms with Gasteiger partial charge >= 0.3 is 0 Å². The molecule has 0 aliphatic carbocycles. The summed E-state index contributed by atoms with van der Waals surface area (Å²) in [7, 11) is 4.06. The molecule has 0 saturated carbocycles. The van der Waals surface area contributed by atoms with Gasteiger partial charge < -0.3 is 19.9 Å². The summed E-state index contributed by atoms with van der Waals surface area (Å²) < 4.78 is 5.83. The summed E-state index contributed by atoms with van der Waals surface area (Å²) in [5.74, 6) is 2.98. The average Bonchev–Trinajstić information content (AvgIpc) is 2.79. The van der Waals surface area contributed by atoms with E-state index in [2.05, 4.69) is 17.3 Å². The molecule has 0 bridgehead atoms. The normalized spacial score (nSPS) is 19.1. The van der Waals surface area contributed by atoms with Crippen LogP contribution in [-0.4, -0.2) is 66.0 Å². The number of carbonyl (C=O) groups excluding carboxylic acids is 1. The number of piperidine rings is 1. The summed E-state index contributed by atoms with van der Waals surface area (Å²) in [5, 5.41) is 3.26. The molecule has 0 radical (unpaired) electrons. The maximum absolute atomic E-state index is 12.8. The number of amides is 1. The van der Waals surface area contributed by atoms with Crippen molar-refractivity contribution in [3.63, 3.8) is 0 Å². The zero-order valence-electron chi connectivity index (χ0n) is 18.9. The van der Waals surface area contributed by atoms with Gasteiger partial charge in [-0.15, -0.1) is 0 Å². The van der Waals surface area contributed by atoms with Gasteiger partial charge in [-0.05, 0) is 44.9 Å². The molecule has 2 aromatic rings. The third-order valence-electron chi connectivity index (χ3n) is 6.32. The highest BCUT2D eigenvalue weighted by Crippen LogP contribution is 2.29. The third-order valence-corrected chi connectivity index (χ3v) is 6.32. The Kier molecular flexibility index (Phi) is 6.70. The number of fused-ring (bicyclic) bond motifs is 1. The minimum absolute atomic E-state index is 0.143. The number of nitrogens with one attached hydrogen (secondary N) is 1. The molecular formula is C24H33N5O2. The topological polar surface area (TPSA) is 70.6 Å². The number of nitrogens with zero attached hydrogens (tertiary/aromatic N) is 4. The number of carbonyl (C=O) groups is 1. The molecule has 1 aromatic carbocycles. The van der Waals surface area contributed by atoms with Crippen molar-refractivity contribution in [1.29, 1.82) is 0 Å². The quantitative estimate of drug-likeness (QED) is 0.770. The van der Waals surface area contributed by atoms with Crippen LogP contribution in [0.2, 0.25) is 0 Å². The average molecular weight is 424 g/mol. The molecule has 1 aromatic heterocycles. The Balaban J connectivity index is 1.39. The lowest BCUT2D eigenvalue weighted by molar-refractivity contribution is -0.133. The molecule has 1 N–H and O–H groups in total. The molecule has 4 rings (SSSR count). The number of likely N-dealkylation sites (tertiary alicyclic amines) is 1. The minimum atomic E-state index is 0.143. The molecule has 7 nitrogen and oxygen atoms in total. The molecule has 166 valence electrons. The molecule has 1 fully saturated rings. The Hall–Kier alpha value is -2.67. The van der Waals surface area contributed by atoms with Gasteiger partial charge in [-0.25, -0.2) is 9.97 Å². The van der Waals surface area contributed by atoms with E-state index in [1.54, 1.807) is 0 Å². The van der Waals surface area contributed by atoms with Crippen molar-refractivity contribution in [1.82, 2.24) is 19.8 Å². The Labute approximate surface area is 184 Å². The number of rotatable bonds is 6. The second-order valence-corrected chi connectivity index (χ2v) is 8.64. The zero-order chi connectivity index (χ0) is 21.8. The first-order chi connectivity index (χ1) is 15.0. The number of ether oxygens (including phenoxy) is 1. The molecule has 3 heterocycles. The minimum Gasteiger partial charge on any atom is -0.493 e. The summed E-state index contributed by atoms with van der Waals surface area (Å²) >= 11 is 0. The molecule has 2 aliphatic rings. The van der Waals surface area contributed by atoms with Gasteiger partial charge in [-0.2, -0.15) is 0 Å². The van der Waals surface area contributed by atoms with Crippen LogP contribution in [-0.2, 0) is 17.8 Å². The Morgan fingerprint density at radius 2 is 2.10 bits per heavy atom. The SMILES string of the molecule is CNc1nc([C@@H]2CCCN(C(=O)CCOc3ccccc3C)C2)nc2c1CCN(C)C2. The van der Waals surface area contributed by atoms with Crippen LogP contribution in [0.1, 0.15) is 47.8 Å². The van der Waals surface area contributed by atoms with E-state index in [-0.39, 0.29) is 11.8 Å². The zero-order valence-corrected chi connectivity index (χ0v) is 18.9. The lowest BCUT2D eigenvalue weighted by Gasteiger charge is -2.33. The number of para-hydroxylation sites is 1. The number of likely N-dealkylation sites (N-methyl/N-ethyl adjacent to an activating group) is 1. The molecule has 2 aliphatic heterocycles. The first-order valence-corrected chi connectivity index (χ1v) is 11.3. The lowest BCUT2D eigenvalue weighted by atomic mass is 9.96. The maximum Gasteiger partial charge on any atom is 0.226 e. The molecule has 31 heavy (non-hydrogen) atoms. The van der Waals surface area contributed by atoms with Crippen molar-refractivity contribution in [3.05, 3.63) is 46.9 Å². The van der Waals surface area contributed by atoms with Crippen LogP contribution < -0.4 is 10.1 Å². The second-order valence-electron chi connectivity index (χ2n) is 8.64. The van der Waals surface area contributed by atoms with Gasteiger partial charge in [0.15, 0.2) is 0 Å². The van der Waals surface area contributed by atoms with E-state index in [1.807, 2.05) is 43.1 Å². The number of hydrogen-bond acceptors (Lipinski definition) is 6. The summed E-state index contributed by atoms with van der Waals surface area (Å²) in [4.78, 5) is 26.9. The van der Waals surface area contributed by atoms with Crippen molar-refractivity contribution in [2.24, 2.45) is 0 Å². The van der Waals surface area contributed by atoms with Gasteiger partial charge in [0.1, 0.15) is 17.4 Å². The van der Waals surface area contributed by atoms with E-state index in [0.29, 0.717) is 19.6 Å². The second kappa shape index (κ2) is 9.64. The van der Waals surface area contributed by atoms with E-state index in [9.17, 15) is 4.79 Å². The highest BCUT2D eigenvalue weighted by Gasteiger charge is 2.29. The monoisotopic (exact) mass is 423 g/mol. The summed E-state index contributed by atoms with van der Waals surface area (Å²) in [5.41, 5.74) is 3.45. The van der Waals surface area contributed by atoms with Crippen molar-refractivity contribution >= 4 is 11.7 Å². The largest absolute Gasteiger partial charge is 0.493 e. The van der Waals surface area contributed by atoms with Crippen LogP contribution in [0.5, 0.6) is 5.75 Å². The fourth-order valence-electron chi connectivity index (χ4n) is 4.51. The van der Waals surface area contributed by atoms with Crippen LogP contribution in [0.4, 0.5) is 5.82 Å². The third kappa shape index (κ3) is 4.98. The van der Waals surface area contributed by atoms with E-state index >= 15 is 0 Å². The number of hydrogen-bond donors (Lipinski definition) is 1. The van der Waals surface area contributed by atoms with E-state index in [4.69, 9.17) is 14.7 Å². The van der Waals surface area contributed by atoms with Crippen LogP contribution in [0.3, 0.4) is 0 Å². The summed E-state index contributed by atoms with van der Waals surface area (Å²) in [6, 6.07) is 7.90. The van der Waals surface area contributed by atoms with Crippen molar-refractivity contribution in [2.45, 2.75) is 45.1 Å². The van der Waals surface area contributed by atoms with Gasteiger partial charge in [0.05, 0.1) is 18.7 Å². The number of anilines is 1. The molecule has 1 saturated heterocycles. The molecule has 0 spiro atoms. The standard InChI is InChI=1S/C24H33N5O2/c1-17-7-4-5-9-21(17)31-14-11-22(30)29-12-6-8-18(15-29)23-26-20-16-28(3)13-10-19(20)24(25-2)27-23/h4-5,7,9,18H,6,8,10-16H2,1-3H3,(H,25,26,27)/t18-/m1/s1. The van der Waals surface area contributed by atoms with E-state index in [1.165, 1.54) is 5.56 Å². The molecule has 0 unspecified atom stereocenters. The van der Waals surface area contributed by atoms with Gasteiger partial charge in [0.25, 0.3) is 0 Å². The van der Waals surface area contributed by atoms with Crippen LogP contribution in [0.25, 0.3) is 0 Å². The fourth-order valence-corrected chi connectivity index (χ4v) is 4.51. The molecule has 7 heteroatoms. The predicted molar refractivity (Wildman–Crippen MR) is 121 cm³/mol. The fraction of sp³-hybridized carbons (Fsp3) is 0.542. The Morgan fingerprint density at radius 3 is 2.90 bits per heavy atom. The van der Waals surface area contributed by atoms with Crippen LogP contribution in [0, 0.1) is 6.92 Å². The first-order valence-electron chi connectivity index (χ1n) is 11.3. The summed E-state index contributed by atoms with van der Waals surface area (Å²) in [6.07, 6.45) is 3.35. The van der Waals surface area contributed by atoms with Crippen molar-refractivity contribution in [3.8, 4) is 5.75 Å². The smallest absolute Gasteiger partial charge is 0.226 e.